The van der Waals surface area contributed by atoms with Crippen molar-refractivity contribution in [1.82, 2.24) is 0 Å². The van der Waals surface area contributed by atoms with Crippen molar-refractivity contribution in [3.63, 3.8) is 0 Å². The van der Waals surface area contributed by atoms with E-state index in [1.165, 1.54) is 0 Å². The number of nitrogens with two attached hydrogens (primary N) is 1. The number of urea groups is 1. The van der Waals surface area contributed by atoms with E-state index in [0.29, 0.717) is 11.4 Å². The zero-order valence-corrected chi connectivity index (χ0v) is 11.0. The Hall–Kier alpha value is -2.49. The Balaban J connectivity index is 2.08. The maximum atomic E-state index is 11.9. The van der Waals surface area contributed by atoms with Crippen LogP contribution in [0.5, 0.6) is 0 Å². The van der Waals surface area contributed by atoms with Crippen molar-refractivity contribution in [3.05, 3.63) is 53.6 Å². The molecule has 0 aliphatic heterocycles. The lowest BCUT2D eigenvalue weighted by Gasteiger charge is -2.11. The molecule has 2 aromatic carbocycles. The van der Waals surface area contributed by atoms with Crippen molar-refractivity contribution in [1.29, 1.82) is 0 Å². The number of carbonyl (C=O) groups excluding carboxylic acids is 1. The van der Waals surface area contributed by atoms with Gasteiger partial charge in [-0.2, -0.15) is 0 Å². The van der Waals surface area contributed by atoms with Crippen LogP contribution in [-0.4, -0.2) is 6.03 Å². The van der Waals surface area contributed by atoms with Crippen molar-refractivity contribution in [2.24, 2.45) is 0 Å². The molecule has 0 fully saturated rings. The van der Waals surface area contributed by atoms with Crippen molar-refractivity contribution in [2.45, 2.75) is 13.8 Å². The molecule has 4 heteroatoms. The molecule has 0 aromatic heterocycles. The van der Waals surface area contributed by atoms with Crippen LogP contribution in [0.3, 0.4) is 0 Å². The number of anilines is 3. The van der Waals surface area contributed by atoms with Gasteiger partial charge in [-0.1, -0.05) is 18.2 Å². The molecule has 0 atom stereocenters. The molecule has 0 unspecified atom stereocenters. The molecule has 2 aromatic rings. The van der Waals surface area contributed by atoms with Crippen LogP contribution in [0.1, 0.15) is 11.1 Å². The van der Waals surface area contributed by atoms with Gasteiger partial charge in [-0.3, -0.25) is 0 Å². The van der Waals surface area contributed by atoms with Gasteiger partial charge in [0.15, 0.2) is 0 Å². The molecule has 0 heterocycles. The molecule has 2 amide bonds. The molecule has 98 valence electrons. The van der Waals surface area contributed by atoms with Crippen LogP contribution >= 0.6 is 0 Å². The Labute approximate surface area is 112 Å². The summed E-state index contributed by atoms with van der Waals surface area (Å²) in [4.78, 5) is 11.9. The fourth-order valence-electron chi connectivity index (χ4n) is 1.80. The fourth-order valence-corrected chi connectivity index (χ4v) is 1.80. The van der Waals surface area contributed by atoms with Crippen LogP contribution in [0.2, 0.25) is 0 Å². The minimum Gasteiger partial charge on any atom is -0.398 e. The predicted molar refractivity (Wildman–Crippen MR) is 79.4 cm³/mol. The molecule has 0 aliphatic rings. The van der Waals surface area contributed by atoms with Crippen LogP contribution in [0.4, 0.5) is 21.9 Å². The average Bonchev–Trinajstić information content (AvgIpc) is 2.35. The van der Waals surface area contributed by atoms with Crippen molar-refractivity contribution >= 4 is 23.1 Å². The van der Waals surface area contributed by atoms with E-state index in [1.54, 1.807) is 6.07 Å². The highest BCUT2D eigenvalue weighted by molar-refractivity contribution is 6.00. The normalized spacial score (nSPS) is 10.0. The van der Waals surface area contributed by atoms with Gasteiger partial charge in [-0.25, -0.2) is 4.79 Å². The number of rotatable bonds is 2. The van der Waals surface area contributed by atoms with E-state index in [4.69, 9.17) is 5.73 Å². The standard InChI is InChI=1S/C15H17N3O/c1-10-5-3-6-12(9-10)17-15(19)18-14-8-4-7-13(16)11(14)2/h3-9H,16H2,1-2H3,(H2,17,18,19). The third kappa shape index (κ3) is 3.25. The van der Waals surface area contributed by atoms with Gasteiger partial charge in [0, 0.05) is 17.1 Å². The molecule has 0 saturated heterocycles. The number of benzene rings is 2. The number of nitrogen functional groups attached to an aromatic ring is 1. The molecular weight excluding hydrogens is 238 g/mol. The summed E-state index contributed by atoms with van der Waals surface area (Å²) in [6.45, 7) is 3.85. The molecule has 0 bridgehead atoms. The number of carbonyl (C=O) groups is 1. The van der Waals surface area contributed by atoms with E-state index in [2.05, 4.69) is 10.6 Å². The summed E-state index contributed by atoms with van der Waals surface area (Å²) in [5, 5.41) is 5.58. The van der Waals surface area contributed by atoms with Crippen LogP contribution in [0.15, 0.2) is 42.5 Å². The summed E-state index contributed by atoms with van der Waals surface area (Å²) in [7, 11) is 0. The molecule has 0 aliphatic carbocycles. The van der Waals surface area contributed by atoms with Gasteiger partial charge in [0.25, 0.3) is 0 Å². The number of nitrogens with one attached hydrogen (secondary N) is 2. The van der Waals surface area contributed by atoms with Crippen molar-refractivity contribution in [3.8, 4) is 0 Å². The van der Waals surface area contributed by atoms with Gasteiger partial charge in [-0.05, 0) is 49.2 Å². The summed E-state index contributed by atoms with van der Waals surface area (Å²) < 4.78 is 0. The Bertz CT molecular complexity index is 608. The maximum Gasteiger partial charge on any atom is 0.323 e. The Morgan fingerprint density at radius 2 is 1.79 bits per heavy atom. The van der Waals surface area contributed by atoms with Gasteiger partial charge < -0.3 is 16.4 Å². The molecule has 0 saturated carbocycles. The monoisotopic (exact) mass is 255 g/mol. The van der Waals surface area contributed by atoms with Gasteiger partial charge in [-0.15, -0.1) is 0 Å². The van der Waals surface area contributed by atoms with Crippen LogP contribution in [-0.2, 0) is 0 Å². The SMILES string of the molecule is Cc1cccc(NC(=O)Nc2cccc(N)c2C)c1. The average molecular weight is 255 g/mol. The minimum absolute atomic E-state index is 0.278. The first-order chi connectivity index (χ1) is 9.06. The van der Waals surface area contributed by atoms with Crippen molar-refractivity contribution < 1.29 is 4.79 Å². The van der Waals surface area contributed by atoms with E-state index in [-0.39, 0.29) is 6.03 Å². The summed E-state index contributed by atoms with van der Waals surface area (Å²) in [6.07, 6.45) is 0. The lowest BCUT2D eigenvalue weighted by molar-refractivity contribution is 0.262. The second kappa shape index (κ2) is 5.44. The van der Waals surface area contributed by atoms with Crippen LogP contribution in [0.25, 0.3) is 0 Å². The number of hydrogen-bond acceptors (Lipinski definition) is 2. The molecular formula is C15H17N3O. The summed E-state index contributed by atoms with van der Waals surface area (Å²) in [6, 6.07) is 12.8. The molecule has 19 heavy (non-hydrogen) atoms. The van der Waals surface area contributed by atoms with Crippen LogP contribution in [0, 0.1) is 13.8 Å². The summed E-state index contributed by atoms with van der Waals surface area (Å²) in [5.41, 5.74) is 9.89. The smallest absolute Gasteiger partial charge is 0.323 e. The third-order valence-electron chi connectivity index (χ3n) is 2.90. The summed E-state index contributed by atoms with van der Waals surface area (Å²) in [5.74, 6) is 0. The third-order valence-corrected chi connectivity index (χ3v) is 2.90. The number of amides is 2. The van der Waals surface area contributed by atoms with Gasteiger partial charge in [0.1, 0.15) is 0 Å². The van der Waals surface area contributed by atoms with E-state index in [1.807, 2.05) is 50.2 Å². The molecule has 4 N–H and O–H groups in total. The Morgan fingerprint density at radius 3 is 2.53 bits per heavy atom. The molecule has 0 radical (unpaired) electrons. The maximum absolute atomic E-state index is 11.9. The fraction of sp³-hybridized carbons (Fsp3) is 0.133. The second-order valence-electron chi connectivity index (χ2n) is 4.47. The topological polar surface area (TPSA) is 67.2 Å². The number of hydrogen-bond donors (Lipinski definition) is 3. The lowest BCUT2D eigenvalue weighted by atomic mass is 10.1. The first kappa shape index (κ1) is 13.0. The molecule has 2 rings (SSSR count). The molecule has 4 nitrogen and oxygen atoms in total. The van der Waals surface area contributed by atoms with E-state index in [0.717, 1.165) is 16.8 Å². The quantitative estimate of drug-likeness (QED) is 0.719. The predicted octanol–water partition coefficient (Wildman–Crippen LogP) is 3.53. The van der Waals surface area contributed by atoms with Crippen molar-refractivity contribution in [2.75, 3.05) is 16.4 Å². The largest absolute Gasteiger partial charge is 0.398 e. The summed E-state index contributed by atoms with van der Waals surface area (Å²) >= 11 is 0. The highest BCUT2D eigenvalue weighted by Gasteiger charge is 2.06. The van der Waals surface area contributed by atoms with Gasteiger partial charge in [0.2, 0.25) is 0 Å². The van der Waals surface area contributed by atoms with Gasteiger partial charge in [0.05, 0.1) is 0 Å². The highest BCUT2D eigenvalue weighted by Crippen LogP contribution is 2.20. The highest BCUT2D eigenvalue weighted by atomic mass is 16.2. The Kier molecular flexibility index (Phi) is 3.71. The first-order valence-electron chi connectivity index (χ1n) is 6.06. The lowest BCUT2D eigenvalue weighted by Crippen LogP contribution is -2.20. The van der Waals surface area contributed by atoms with E-state index < -0.39 is 0 Å². The van der Waals surface area contributed by atoms with Gasteiger partial charge >= 0.3 is 6.03 Å². The van der Waals surface area contributed by atoms with Crippen LogP contribution < -0.4 is 16.4 Å². The minimum atomic E-state index is -0.278. The van der Waals surface area contributed by atoms with E-state index >= 15 is 0 Å². The van der Waals surface area contributed by atoms with E-state index in [9.17, 15) is 4.79 Å². The first-order valence-corrected chi connectivity index (χ1v) is 6.06. The Morgan fingerprint density at radius 1 is 1.05 bits per heavy atom. The molecule has 0 spiro atoms. The zero-order valence-electron chi connectivity index (χ0n) is 11.0. The zero-order chi connectivity index (χ0) is 13.8. The number of aryl methyl sites for hydroxylation is 1. The second-order valence-corrected chi connectivity index (χ2v) is 4.47.